The maximum absolute atomic E-state index is 12.8. The highest BCUT2D eigenvalue weighted by Crippen LogP contribution is 2.19. The molecule has 7 nitrogen and oxygen atoms in total. The van der Waals surface area contributed by atoms with Gasteiger partial charge in [0.15, 0.2) is 0 Å². The van der Waals surface area contributed by atoms with Crippen LogP contribution < -0.4 is 10.2 Å². The van der Waals surface area contributed by atoms with Crippen molar-refractivity contribution in [2.24, 2.45) is 0 Å². The second kappa shape index (κ2) is 10.1. The zero-order valence-corrected chi connectivity index (χ0v) is 18.3. The second-order valence-corrected chi connectivity index (χ2v) is 9.10. The van der Waals surface area contributed by atoms with Crippen molar-refractivity contribution in [3.05, 3.63) is 59.7 Å². The molecule has 2 aromatic carbocycles. The highest BCUT2D eigenvalue weighted by Gasteiger charge is 2.26. The van der Waals surface area contributed by atoms with Crippen molar-refractivity contribution in [1.29, 1.82) is 0 Å². The Bertz CT molecular complexity index is 972. The Morgan fingerprint density at radius 1 is 1.13 bits per heavy atom. The predicted octanol–water partition coefficient (Wildman–Crippen LogP) is 2.27. The molecule has 0 unspecified atom stereocenters. The average molecular weight is 432 g/mol. The first kappa shape index (κ1) is 22.3. The van der Waals surface area contributed by atoms with Crippen molar-refractivity contribution in [2.45, 2.75) is 18.7 Å². The van der Waals surface area contributed by atoms with Crippen molar-refractivity contribution in [2.75, 3.05) is 50.8 Å². The number of hydrogen-bond acceptors (Lipinski definition) is 5. The summed E-state index contributed by atoms with van der Waals surface area (Å²) in [5.41, 5.74) is 2.67. The predicted molar refractivity (Wildman–Crippen MR) is 117 cm³/mol. The van der Waals surface area contributed by atoms with Crippen molar-refractivity contribution in [3.8, 4) is 0 Å². The summed E-state index contributed by atoms with van der Waals surface area (Å²) in [4.78, 5) is 15.0. The van der Waals surface area contributed by atoms with Gasteiger partial charge in [-0.2, -0.15) is 4.31 Å². The van der Waals surface area contributed by atoms with Gasteiger partial charge in [0.2, 0.25) is 10.0 Å². The maximum Gasteiger partial charge on any atom is 0.251 e. The van der Waals surface area contributed by atoms with Crippen LogP contribution in [-0.2, 0) is 14.8 Å². The quantitative estimate of drug-likeness (QED) is 0.694. The van der Waals surface area contributed by atoms with Gasteiger partial charge in [-0.05, 0) is 43.7 Å². The number of carbonyl (C=O) groups excluding carboxylic acids is 1. The first-order valence-electron chi connectivity index (χ1n) is 10.2. The number of ether oxygens (including phenoxy) is 1. The van der Waals surface area contributed by atoms with Crippen LogP contribution in [0.1, 0.15) is 22.8 Å². The molecule has 1 fully saturated rings. The normalized spacial score (nSPS) is 15.0. The average Bonchev–Trinajstić information content (AvgIpc) is 2.78. The summed E-state index contributed by atoms with van der Waals surface area (Å²) in [6.07, 6.45) is 0. The molecule has 0 spiro atoms. The van der Waals surface area contributed by atoms with Gasteiger partial charge in [-0.3, -0.25) is 4.79 Å². The summed E-state index contributed by atoms with van der Waals surface area (Å²) >= 11 is 0. The summed E-state index contributed by atoms with van der Waals surface area (Å²) in [7, 11) is -3.63. The van der Waals surface area contributed by atoms with Gasteiger partial charge in [-0.1, -0.05) is 24.3 Å². The van der Waals surface area contributed by atoms with E-state index in [9.17, 15) is 13.2 Å². The van der Waals surface area contributed by atoms with Crippen molar-refractivity contribution < 1.29 is 17.9 Å². The molecular weight excluding hydrogens is 402 g/mol. The van der Waals surface area contributed by atoms with Gasteiger partial charge < -0.3 is 15.0 Å². The fourth-order valence-electron chi connectivity index (χ4n) is 3.51. The molecule has 2 aromatic rings. The van der Waals surface area contributed by atoms with Crippen LogP contribution in [-0.4, -0.2) is 64.6 Å². The number of sulfonamides is 1. The van der Waals surface area contributed by atoms with E-state index < -0.39 is 10.0 Å². The molecule has 1 aliphatic rings. The summed E-state index contributed by atoms with van der Waals surface area (Å²) in [5.74, 6) is -0.283. The Hall–Kier alpha value is -2.42. The zero-order chi connectivity index (χ0) is 21.6. The third kappa shape index (κ3) is 5.19. The first-order valence-corrected chi connectivity index (χ1v) is 11.6. The molecule has 0 saturated carbocycles. The summed E-state index contributed by atoms with van der Waals surface area (Å²) in [6.45, 7) is 7.51. The van der Waals surface area contributed by atoms with Crippen LogP contribution in [0.15, 0.2) is 53.4 Å². The number of benzene rings is 2. The standard InChI is InChI=1S/C22H29N3O4S/c1-3-24(21-10-5-4-7-18(21)2)12-11-23-22(26)19-8-6-9-20(17-19)30(27,28)25-13-15-29-16-14-25/h4-10,17H,3,11-16H2,1-2H3,(H,23,26). The third-order valence-corrected chi connectivity index (χ3v) is 7.10. The number of para-hydroxylation sites is 1. The van der Waals surface area contributed by atoms with E-state index in [1.807, 2.05) is 12.1 Å². The smallest absolute Gasteiger partial charge is 0.251 e. The number of morpholine rings is 1. The van der Waals surface area contributed by atoms with Crippen LogP contribution in [0, 0.1) is 6.92 Å². The van der Waals surface area contributed by atoms with E-state index in [2.05, 4.69) is 36.2 Å². The van der Waals surface area contributed by atoms with Gasteiger partial charge in [0.05, 0.1) is 18.1 Å². The second-order valence-electron chi connectivity index (χ2n) is 7.17. The van der Waals surface area contributed by atoms with Crippen LogP contribution in [0.25, 0.3) is 0 Å². The molecule has 1 N–H and O–H groups in total. The Balaban J connectivity index is 1.63. The van der Waals surface area contributed by atoms with Crippen LogP contribution in [0.2, 0.25) is 0 Å². The lowest BCUT2D eigenvalue weighted by Gasteiger charge is -2.26. The fourth-order valence-corrected chi connectivity index (χ4v) is 4.96. The largest absolute Gasteiger partial charge is 0.379 e. The number of rotatable bonds is 8. The number of anilines is 1. The molecule has 0 atom stereocenters. The monoisotopic (exact) mass is 431 g/mol. The zero-order valence-electron chi connectivity index (χ0n) is 17.5. The van der Waals surface area contributed by atoms with E-state index in [4.69, 9.17) is 4.74 Å². The van der Waals surface area contributed by atoms with Crippen LogP contribution in [0.5, 0.6) is 0 Å². The van der Waals surface area contributed by atoms with Crippen molar-refractivity contribution in [3.63, 3.8) is 0 Å². The van der Waals surface area contributed by atoms with Gasteiger partial charge in [0, 0.05) is 44.0 Å². The van der Waals surface area contributed by atoms with E-state index in [-0.39, 0.29) is 10.8 Å². The van der Waals surface area contributed by atoms with Gasteiger partial charge in [0.1, 0.15) is 0 Å². The lowest BCUT2D eigenvalue weighted by Crippen LogP contribution is -2.40. The highest BCUT2D eigenvalue weighted by atomic mass is 32.2. The van der Waals surface area contributed by atoms with E-state index in [0.717, 1.165) is 12.2 Å². The third-order valence-electron chi connectivity index (χ3n) is 5.21. The lowest BCUT2D eigenvalue weighted by atomic mass is 10.2. The Labute approximate surface area is 178 Å². The van der Waals surface area contributed by atoms with Gasteiger partial charge in [0.25, 0.3) is 5.91 Å². The van der Waals surface area contributed by atoms with Crippen LogP contribution in [0.4, 0.5) is 5.69 Å². The number of amides is 1. The number of nitrogens with zero attached hydrogens (tertiary/aromatic N) is 2. The molecule has 3 rings (SSSR count). The van der Waals surface area contributed by atoms with Gasteiger partial charge in [-0.25, -0.2) is 8.42 Å². The molecule has 8 heteroatoms. The molecule has 0 bridgehead atoms. The van der Waals surface area contributed by atoms with Crippen LogP contribution in [0.3, 0.4) is 0 Å². The Morgan fingerprint density at radius 2 is 1.87 bits per heavy atom. The minimum absolute atomic E-state index is 0.132. The van der Waals surface area contributed by atoms with Gasteiger partial charge >= 0.3 is 0 Å². The summed E-state index contributed by atoms with van der Waals surface area (Å²) < 4.78 is 32.3. The molecule has 0 radical (unpaired) electrons. The minimum Gasteiger partial charge on any atom is -0.379 e. The summed E-state index contributed by atoms with van der Waals surface area (Å²) in [5, 5.41) is 2.90. The molecule has 1 aliphatic heterocycles. The first-order chi connectivity index (χ1) is 14.4. The number of likely N-dealkylation sites (N-methyl/N-ethyl adjacent to an activating group) is 1. The van der Waals surface area contributed by atoms with Gasteiger partial charge in [-0.15, -0.1) is 0 Å². The molecule has 1 saturated heterocycles. The SMILES string of the molecule is CCN(CCNC(=O)c1cccc(S(=O)(=O)N2CCOCC2)c1)c1ccccc1C. The van der Waals surface area contributed by atoms with E-state index >= 15 is 0 Å². The molecular formula is C22H29N3O4S. The number of nitrogens with one attached hydrogen (secondary N) is 1. The summed E-state index contributed by atoms with van der Waals surface area (Å²) in [6, 6.07) is 14.4. The molecule has 162 valence electrons. The Morgan fingerprint density at radius 3 is 2.57 bits per heavy atom. The topological polar surface area (TPSA) is 79.0 Å². The van der Waals surface area contributed by atoms with Crippen molar-refractivity contribution >= 4 is 21.6 Å². The lowest BCUT2D eigenvalue weighted by molar-refractivity contribution is 0.0730. The molecule has 1 amide bonds. The fraction of sp³-hybridized carbons (Fsp3) is 0.409. The number of carbonyl (C=O) groups is 1. The highest BCUT2D eigenvalue weighted by molar-refractivity contribution is 7.89. The molecule has 30 heavy (non-hydrogen) atoms. The maximum atomic E-state index is 12.8. The van der Waals surface area contributed by atoms with Crippen molar-refractivity contribution in [1.82, 2.24) is 9.62 Å². The minimum atomic E-state index is -3.63. The number of hydrogen-bond donors (Lipinski definition) is 1. The molecule has 1 heterocycles. The van der Waals surface area contributed by atoms with Crippen LogP contribution >= 0.6 is 0 Å². The molecule has 0 aliphatic carbocycles. The number of aryl methyl sites for hydroxylation is 1. The van der Waals surface area contributed by atoms with E-state index in [0.29, 0.717) is 45.0 Å². The van der Waals surface area contributed by atoms with E-state index in [1.165, 1.54) is 22.0 Å². The molecule has 0 aromatic heterocycles. The Kier molecular flexibility index (Phi) is 7.47. The van der Waals surface area contributed by atoms with E-state index in [1.54, 1.807) is 12.1 Å².